The molecule has 0 radical (unpaired) electrons. The fourth-order valence-electron chi connectivity index (χ4n) is 3.31. The van der Waals surface area contributed by atoms with Crippen LogP contribution in [0.1, 0.15) is 11.1 Å². The minimum Gasteiger partial charge on any atom is -0.484 e. The molecule has 0 aromatic heterocycles. The Bertz CT molecular complexity index is 1090. The van der Waals surface area contributed by atoms with Crippen LogP contribution < -0.4 is 10.1 Å². The van der Waals surface area contributed by atoms with E-state index in [0.717, 1.165) is 9.13 Å². The molecule has 1 N–H and O–H groups in total. The van der Waals surface area contributed by atoms with Gasteiger partial charge in [-0.05, 0) is 70.1 Å². The third kappa shape index (κ3) is 7.35. The van der Waals surface area contributed by atoms with E-state index in [9.17, 15) is 9.59 Å². The maximum atomic E-state index is 13.4. The van der Waals surface area contributed by atoms with Crippen molar-refractivity contribution in [2.24, 2.45) is 0 Å². The highest BCUT2D eigenvalue weighted by molar-refractivity contribution is 14.1. The molecule has 0 unspecified atom stereocenters. The van der Waals surface area contributed by atoms with Crippen LogP contribution in [-0.4, -0.2) is 36.4 Å². The second kappa shape index (κ2) is 12.3. The van der Waals surface area contributed by atoms with Crippen molar-refractivity contribution < 1.29 is 14.3 Å². The minimum atomic E-state index is -0.753. The summed E-state index contributed by atoms with van der Waals surface area (Å²) in [6, 6.07) is 21.3. The molecule has 1 atom stereocenters. The first-order valence-electron chi connectivity index (χ1n) is 10.2. The molecule has 0 fully saturated rings. The van der Waals surface area contributed by atoms with Gasteiger partial charge in [-0.1, -0.05) is 59.6 Å². The van der Waals surface area contributed by atoms with Gasteiger partial charge < -0.3 is 15.0 Å². The van der Waals surface area contributed by atoms with Gasteiger partial charge in [0.1, 0.15) is 11.8 Å². The molecule has 3 rings (SSSR count). The third-order valence-corrected chi connectivity index (χ3v) is 6.36. The van der Waals surface area contributed by atoms with Crippen LogP contribution in [0, 0.1) is 3.57 Å². The largest absolute Gasteiger partial charge is 0.484 e. The van der Waals surface area contributed by atoms with Crippen molar-refractivity contribution in [3.8, 4) is 5.75 Å². The van der Waals surface area contributed by atoms with E-state index >= 15 is 0 Å². The summed E-state index contributed by atoms with van der Waals surface area (Å²) < 4.78 is 6.79. The van der Waals surface area contributed by atoms with Crippen molar-refractivity contribution in [1.82, 2.24) is 10.2 Å². The molecule has 0 saturated heterocycles. The first-order chi connectivity index (χ1) is 15.9. The van der Waals surface area contributed by atoms with E-state index in [1.807, 2.05) is 42.5 Å². The van der Waals surface area contributed by atoms with Crippen molar-refractivity contribution in [2.75, 3.05) is 13.7 Å². The fourth-order valence-corrected chi connectivity index (χ4v) is 4.14. The second-order valence-corrected chi connectivity index (χ2v) is 9.41. The predicted octanol–water partition coefficient (Wildman–Crippen LogP) is 5.36. The molecular formula is C25H23Cl2IN2O3. The number of carbonyl (C=O) groups excluding carboxylic acids is 2. The SMILES string of the molecule is CNC(=O)[C@@H](Cc1ccccc1)N(Cc1ccc(Cl)cc1Cl)C(=O)COc1ccc(I)cc1. The lowest BCUT2D eigenvalue weighted by Crippen LogP contribution is -2.51. The maximum absolute atomic E-state index is 13.4. The Hall–Kier alpha value is -2.29. The predicted molar refractivity (Wildman–Crippen MR) is 140 cm³/mol. The zero-order valence-corrected chi connectivity index (χ0v) is 21.6. The number of hydrogen-bond donors (Lipinski definition) is 1. The highest BCUT2D eigenvalue weighted by Gasteiger charge is 2.30. The highest BCUT2D eigenvalue weighted by atomic mass is 127. The van der Waals surface area contributed by atoms with Gasteiger partial charge in [0.15, 0.2) is 6.61 Å². The van der Waals surface area contributed by atoms with Crippen LogP contribution in [0.25, 0.3) is 0 Å². The molecule has 33 heavy (non-hydrogen) atoms. The number of benzene rings is 3. The minimum absolute atomic E-state index is 0.135. The summed E-state index contributed by atoms with van der Waals surface area (Å²) in [5, 5.41) is 3.60. The summed E-state index contributed by atoms with van der Waals surface area (Å²) in [5.41, 5.74) is 1.62. The summed E-state index contributed by atoms with van der Waals surface area (Å²) in [6.07, 6.45) is 0.348. The van der Waals surface area contributed by atoms with Crippen molar-refractivity contribution in [3.63, 3.8) is 0 Å². The summed E-state index contributed by atoms with van der Waals surface area (Å²) in [5.74, 6) is -0.0246. The average Bonchev–Trinajstić information content (AvgIpc) is 2.82. The van der Waals surface area contributed by atoms with E-state index in [1.165, 1.54) is 4.90 Å². The molecule has 3 aromatic carbocycles. The number of hydrogen-bond acceptors (Lipinski definition) is 3. The van der Waals surface area contributed by atoms with E-state index in [1.54, 1.807) is 37.4 Å². The van der Waals surface area contributed by atoms with Crippen LogP contribution in [0.15, 0.2) is 72.8 Å². The van der Waals surface area contributed by atoms with E-state index in [4.69, 9.17) is 27.9 Å². The Morgan fingerprint density at radius 2 is 1.73 bits per heavy atom. The Morgan fingerprint density at radius 1 is 1.03 bits per heavy atom. The van der Waals surface area contributed by atoms with Gasteiger partial charge in [-0.15, -0.1) is 0 Å². The van der Waals surface area contributed by atoms with Gasteiger partial charge >= 0.3 is 0 Å². The number of nitrogens with one attached hydrogen (secondary N) is 1. The van der Waals surface area contributed by atoms with Crippen LogP contribution in [-0.2, 0) is 22.6 Å². The van der Waals surface area contributed by atoms with Crippen molar-refractivity contribution in [1.29, 1.82) is 0 Å². The zero-order valence-electron chi connectivity index (χ0n) is 17.9. The molecule has 3 aromatic rings. The Balaban J connectivity index is 1.89. The Kier molecular flexibility index (Phi) is 9.41. The molecule has 0 bridgehead atoms. The van der Waals surface area contributed by atoms with Crippen molar-refractivity contribution in [3.05, 3.63) is 97.5 Å². The fraction of sp³-hybridized carbons (Fsp3) is 0.200. The highest BCUT2D eigenvalue weighted by Crippen LogP contribution is 2.24. The lowest BCUT2D eigenvalue weighted by molar-refractivity contribution is -0.142. The number of rotatable bonds is 9. The van der Waals surface area contributed by atoms with Gasteiger partial charge in [0.05, 0.1) is 0 Å². The van der Waals surface area contributed by atoms with Crippen LogP contribution >= 0.6 is 45.8 Å². The van der Waals surface area contributed by atoms with E-state index < -0.39 is 6.04 Å². The normalized spacial score (nSPS) is 11.5. The maximum Gasteiger partial charge on any atom is 0.261 e. The van der Waals surface area contributed by atoms with Crippen LogP contribution in [0.4, 0.5) is 0 Å². The topological polar surface area (TPSA) is 58.6 Å². The number of likely N-dealkylation sites (N-methyl/N-ethyl adjacent to an activating group) is 1. The molecule has 8 heteroatoms. The second-order valence-electron chi connectivity index (χ2n) is 7.32. The van der Waals surface area contributed by atoms with Gasteiger partial charge in [0, 0.05) is 33.6 Å². The monoisotopic (exact) mass is 596 g/mol. The van der Waals surface area contributed by atoms with Gasteiger partial charge in [-0.25, -0.2) is 0 Å². The summed E-state index contributed by atoms with van der Waals surface area (Å²) >= 11 is 14.6. The lowest BCUT2D eigenvalue weighted by atomic mass is 10.0. The number of amides is 2. The van der Waals surface area contributed by atoms with E-state index in [0.29, 0.717) is 27.8 Å². The standard InChI is InChI=1S/C25H23Cl2IN2O3/c1-29-25(32)23(13-17-5-3-2-4-6-17)30(15-18-7-8-19(26)14-22(18)27)24(31)16-33-21-11-9-20(28)10-12-21/h2-12,14,23H,13,15-16H2,1H3,(H,29,32)/t23-/m1/s1. The average molecular weight is 597 g/mol. The van der Waals surface area contributed by atoms with Gasteiger partial charge in [0.2, 0.25) is 5.91 Å². The van der Waals surface area contributed by atoms with Crippen molar-refractivity contribution in [2.45, 2.75) is 19.0 Å². The zero-order chi connectivity index (χ0) is 23.8. The van der Waals surface area contributed by atoms with Crippen LogP contribution in [0.5, 0.6) is 5.75 Å². The molecule has 0 spiro atoms. The molecular weight excluding hydrogens is 574 g/mol. The van der Waals surface area contributed by atoms with Crippen LogP contribution in [0.2, 0.25) is 10.0 Å². The first-order valence-corrected chi connectivity index (χ1v) is 12.1. The van der Waals surface area contributed by atoms with Crippen LogP contribution in [0.3, 0.4) is 0 Å². The number of ether oxygens (including phenoxy) is 1. The van der Waals surface area contributed by atoms with Gasteiger partial charge in [-0.3, -0.25) is 9.59 Å². The van der Waals surface area contributed by atoms with Crippen molar-refractivity contribution >= 4 is 57.6 Å². The molecule has 0 aliphatic rings. The summed E-state index contributed by atoms with van der Waals surface area (Å²) in [4.78, 5) is 27.8. The number of halogens is 3. The van der Waals surface area contributed by atoms with Gasteiger partial charge in [0.25, 0.3) is 5.91 Å². The Labute approximate surface area is 217 Å². The molecule has 0 aliphatic carbocycles. The first kappa shape index (κ1) is 25.3. The quantitative estimate of drug-likeness (QED) is 0.338. The number of nitrogens with zero attached hydrogens (tertiary/aromatic N) is 1. The van der Waals surface area contributed by atoms with E-state index in [-0.39, 0.29) is 25.0 Å². The molecule has 5 nitrogen and oxygen atoms in total. The van der Waals surface area contributed by atoms with Gasteiger partial charge in [-0.2, -0.15) is 0 Å². The summed E-state index contributed by atoms with van der Waals surface area (Å²) in [6.45, 7) is -0.0795. The Morgan fingerprint density at radius 3 is 2.36 bits per heavy atom. The molecule has 0 aliphatic heterocycles. The molecule has 172 valence electrons. The summed E-state index contributed by atoms with van der Waals surface area (Å²) in [7, 11) is 1.56. The molecule has 2 amide bonds. The smallest absolute Gasteiger partial charge is 0.261 e. The lowest BCUT2D eigenvalue weighted by Gasteiger charge is -2.31. The third-order valence-electron chi connectivity index (χ3n) is 5.05. The molecule has 0 heterocycles. The number of carbonyl (C=O) groups is 2. The van der Waals surface area contributed by atoms with E-state index in [2.05, 4.69) is 27.9 Å². The molecule has 0 saturated carbocycles.